The summed E-state index contributed by atoms with van der Waals surface area (Å²) in [4.78, 5) is 27.6. The average Bonchev–Trinajstić information content (AvgIpc) is 2.32. The first kappa shape index (κ1) is 15.9. The van der Waals surface area contributed by atoms with Crippen molar-refractivity contribution in [3.05, 3.63) is 26.0 Å². The van der Waals surface area contributed by atoms with Crippen LogP contribution in [-0.2, 0) is 5.41 Å². The van der Waals surface area contributed by atoms with Gasteiger partial charge in [0, 0.05) is 19.2 Å². The summed E-state index contributed by atoms with van der Waals surface area (Å²) in [5.74, 6) is 0. The molecule has 1 rings (SSSR count). The monoisotopic (exact) mass is 266 g/mol. The lowest BCUT2D eigenvalue weighted by molar-refractivity contribution is 0.348. The predicted molar refractivity (Wildman–Crippen MR) is 81.1 cm³/mol. The van der Waals surface area contributed by atoms with Crippen LogP contribution in [0.3, 0.4) is 0 Å². The van der Waals surface area contributed by atoms with E-state index in [9.17, 15) is 9.59 Å². The van der Waals surface area contributed by atoms with Gasteiger partial charge in [-0.25, -0.2) is 0 Å². The molecule has 1 aromatic carbocycles. The van der Waals surface area contributed by atoms with Crippen LogP contribution in [0.4, 0.5) is 5.69 Å². The molecule has 108 valence electrons. The lowest BCUT2D eigenvalue weighted by Crippen LogP contribution is -2.46. The van der Waals surface area contributed by atoms with E-state index in [1.54, 1.807) is 0 Å². The molecule has 0 aliphatic carbocycles. The fraction of sp³-hybridized carbons (Fsp3) is 0.733. The van der Waals surface area contributed by atoms with Gasteiger partial charge in [-0.1, -0.05) is 27.7 Å². The first-order valence-corrected chi connectivity index (χ1v) is 6.93. The molecule has 0 N–H and O–H groups in total. The number of rotatable bonds is 6. The Morgan fingerprint density at radius 3 is 2.05 bits per heavy atom. The van der Waals surface area contributed by atoms with Gasteiger partial charge in [0.2, 0.25) is 10.9 Å². The summed E-state index contributed by atoms with van der Waals surface area (Å²) >= 11 is 0. The van der Waals surface area contributed by atoms with Crippen molar-refractivity contribution in [1.82, 2.24) is 4.90 Å². The van der Waals surface area contributed by atoms with Gasteiger partial charge in [0.15, 0.2) is 0 Å². The minimum absolute atomic E-state index is 0.255. The zero-order chi connectivity index (χ0) is 14.8. The van der Waals surface area contributed by atoms with E-state index in [1.807, 2.05) is 32.7 Å². The molecule has 19 heavy (non-hydrogen) atoms. The van der Waals surface area contributed by atoms with Crippen molar-refractivity contribution in [2.45, 2.75) is 39.5 Å². The minimum Gasteiger partial charge on any atom is -0.371 e. The van der Waals surface area contributed by atoms with Gasteiger partial charge in [0.05, 0.1) is 5.69 Å². The van der Waals surface area contributed by atoms with Crippen LogP contribution in [0.15, 0.2) is 9.59 Å². The highest BCUT2D eigenvalue weighted by Crippen LogP contribution is 2.27. The third-order valence-corrected chi connectivity index (χ3v) is 3.59. The van der Waals surface area contributed by atoms with Crippen LogP contribution in [0.5, 0.6) is 0 Å². The molecule has 0 fully saturated rings. The predicted octanol–water partition coefficient (Wildman–Crippen LogP) is 1.36. The lowest BCUT2D eigenvalue weighted by Gasteiger charge is -2.29. The Kier molecular flexibility index (Phi) is 4.91. The lowest BCUT2D eigenvalue weighted by atomic mass is 9.82. The van der Waals surface area contributed by atoms with E-state index in [1.165, 1.54) is 0 Å². The molecule has 0 saturated carbocycles. The molecule has 0 radical (unpaired) electrons. The Hall–Kier alpha value is -1.16. The molecular weight excluding hydrogens is 240 g/mol. The van der Waals surface area contributed by atoms with Crippen LogP contribution >= 0.6 is 0 Å². The highest BCUT2D eigenvalue weighted by Gasteiger charge is 2.31. The van der Waals surface area contributed by atoms with Gasteiger partial charge in [-0.05, 0) is 32.0 Å². The Morgan fingerprint density at radius 1 is 1.00 bits per heavy atom. The van der Waals surface area contributed by atoms with E-state index in [0.29, 0.717) is 11.3 Å². The molecule has 0 saturated heterocycles. The second kappa shape index (κ2) is 5.87. The second-order valence-corrected chi connectivity index (χ2v) is 6.30. The van der Waals surface area contributed by atoms with E-state index in [4.69, 9.17) is 0 Å². The molecule has 0 spiro atoms. The zero-order valence-electron chi connectivity index (χ0n) is 13.0. The molecule has 1 aromatic rings. The van der Waals surface area contributed by atoms with Gasteiger partial charge in [0.1, 0.15) is 0 Å². The summed E-state index contributed by atoms with van der Waals surface area (Å²) in [6.45, 7) is 10.9. The fourth-order valence-electron chi connectivity index (χ4n) is 2.29. The second-order valence-electron chi connectivity index (χ2n) is 6.30. The maximum atomic E-state index is 11.8. The van der Waals surface area contributed by atoms with Crippen LogP contribution in [-0.4, -0.2) is 38.6 Å². The van der Waals surface area contributed by atoms with Crippen LogP contribution in [0.1, 0.15) is 39.7 Å². The van der Waals surface area contributed by atoms with Crippen molar-refractivity contribution in [1.29, 1.82) is 0 Å². The van der Waals surface area contributed by atoms with Crippen molar-refractivity contribution in [2.24, 2.45) is 0 Å². The van der Waals surface area contributed by atoms with Crippen LogP contribution < -0.4 is 15.8 Å². The van der Waals surface area contributed by atoms with Gasteiger partial charge >= 0.3 is 0 Å². The first-order valence-electron chi connectivity index (χ1n) is 6.93. The van der Waals surface area contributed by atoms with E-state index >= 15 is 0 Å². The zero-order valence-corrected chi connectivity index (χ0v) is 13.0. The molecule has 0 aliphatic rings. The molecule has 0 heterocycles. The van der Waals surface area contributed by atoms with Gasteiger partial charge in [0.25, 0.3) is 0 Å². The van der Waals surface area contributed by atoms with Crippen molar-refractivity contribution in [3.63, 3.8) is 0 Å². The average molecular weight is 266 g/mol. The molecule has 4 nitrogen and oxygen atoms in total. The maximum Gasteiger partial charge on any atom is 0.249 e. The minimum atomic E-state index is -0.323. The van der Waals surface area contributed by atoms with Crippen LogP contribution in [0, 0.1) is 0 Å². The van der Waals surface area contributed by atoms with Crippen molar-refractivity contribution in [2.75, 3.05) is 38.6 Å². The highest BCUT2D eigenvalue weighted by atomic mass is 16.2. The van der Waals surface area contributed by atoms with E-state index in [-0.39, 0.29) is 16.3 Å². The number of hydrogen-bond acceptors (Lipinski definition) is 4. The largest absolute Gasteiger partial charge is 0.371 e. The van der Waals surface area contributed by atoms with Gasteiger partial charge in [-0.15, -0.1) is 0 Å². The Labute approximate surface area is 115 Å². The van der Waals surface area contributed by atoms with Crippen LogP contribution in [0.2, 0.25) is 0 Å². The SMILES string of the molecule is CCN(C)CCCN(C)c1c(C(C)(C)C)c(=O)c1=O. The number of nitrogens with zero attached hydrogens (tertiary/aromatic N) is 2. The molecule has 0 aromatic heterocycles. The number of anilines is 1. The third kappa shape index (κ3) is 3.44. The molecule has 4 heteroatoms. The van der Waals surface area contributed by atoms with Gasteiger partial charge in [-0.2, -0.15) is 0 Å². The summed E-state index contributed by atoms with van der Waals surface area (Å²) in [7, 11) is 3.98. The molecular formula is C15H26N2O2. The molecule has 0 bridgehead atoms. The Morgan fingerprint density at radius 2 is 1.58 bits per heavy atom. The summed E-state index contributed by atoms with van der Waals surface area (Å²) < 4.78 is 0. The molecule has 0 unspecified atom stereocenters. The van der Waals surface area contributed by atoms with Crippen molar-refractivity contribution in [3.8, 4) is 0 Å². The topological polar surface area (TPSA) is 40.6 Å². The fourth-order valence-corrected chi connectivity index (χ4v) is 2.29. The van der Waals surface area contributed by atoms with E-state index in [2.05, 4.69) is 18.9 Å². The molecule has 0 amide bonds. The number of hydrogen-bond donors (Lipinski definition) is 0. The quantitative estimate of drug-likeness (QED) is 0.729. The third-order valence-electron chi connectivity index (χ3n) is 3.59. The highest BCUT2D eigenvalue weighted by molar-refractivity contribution is 5.60. The van der Waals surface area contributed by atoms with E-state index < -0.39 is 0 Å². The van der Waals surface area contributed by atoms with E-state index in [0.717, 1.165) is 26.1 Å². The first-order chi connectivity index (χ1) is 8.70. The smallest absolute Gasteiger partial charge is 0.249 e. The summed E-state index contributed by atoms with van der Waals surface area (Å²) in [5, 5.41) is 0. The summed E-state index contributed by atoms with van der Waals surface area (Å²) in [6.07, 6.45) is 0.989. The normalized spacial score (nSPS) is 12.4. The summed E-state index contributed by atoms with van der Waals surface area (Å²) in [6, 6.07) is 0. The standard InChI is InChI=1S/C15H26N2O2/c1-7-16(5)9-8-10-17(6)12-11(15(2,3)4)13(18)14(12)19/h7-10H2,1-6H3. The summed E-state index contributed by atoms with van der Waals surface area (Å²) in [5.41, 5.74) is 0.422. The van der Waals surface area contributed by atoms with Crippen LogP contribution in [0.25, 0.3) is 0 Å². The van der Waals surface area contributed by atoms with Crippen molar-refractivity contribution < 1.29 is 0 Å². The van der Waals surface area contributed by atoms with Gasteiger partial charge in [-0.3, -0.25) is 9.59 Å². The van der Waals surface area contributed by atoms with Crippen molar-refractivity contribution >= 4 is 5.69 Å². The Balaban J connectivity index is 2.74. The molecule has 0 aliphatic heterocycles. The van der Waals surface area contributed by atoms with Gasteiger partial charge < -0.3 is 9.80 Å². The Bertz CT molecular complexity index is 493. The maximum absolute atomic E-state index is 11.8. The molecule has 0 atom stereocenters.